The smallest absolute Gasteiger partial charge is 0.311 e. The summed E-state index contributed by atoms with van der Waals surface area (Å²) in [5.41, 5.74) is 4.81. The summed E-state index contributed by atoms with van der Waals surface area (Å²) in [6.07, 6.45) is 0.812. The lowest BCUT2D eigenvalue weighted by molar-refractivity contribution is -0.149. The van der Waals surface area contributed by atoms with Crippen molar-refractivity contribution in [3.8, 4) is 17.2 Å². The number of nitrogens with zero attached hydrogens (tertiary/aromatic N) is 1. The molecule has 3 atom stereocenters. The number of likely N-dealkylation sites (tertiary alicyclic amines) is 1. The predicted octanol–water partition coefficient (Wildman–Crippen LogP) is 5.25. The molecule has 8 nitrogen and oxygen atoms in total. The molecule has 1 N–H and O–H groups in total. The number of methoxy groups -OCH3 is 1. The number of carbonyl (C=O) groups excluding carboxylic acids is 2. The van der Waals surface area contributed by atoms with Crippen molar-refractivity contribution in [1.82, 2.24) is 4.90 Å². The molecule has 2 aliphatic heterocycles. The minimum atomic E-state index is -0.536. The third kappa shape index (κ3) is 5.49. The summed E-state index contributed by atoms with van der Waals surface area (Å²) < 4.78 is 22.1. The summed E-state index contributed by atoms with van der Waals surface area (Å²) in [7, 11) is 1.62. The van der Waals surface area contributed by atoms with Gasteiger partial charge >= 0.3 is 5.97 Å². The molecule has 5 rings (SSSR count). The van der Waals surface area contributed by atoms with Gasteiger partial charge in [-0.05, 0) is 66.8 Å². The highest BCUT2D eigenvalue weighted by molar-refractivity contribution is 5.94. The molecule has 1 amide bonds. The standard InChI is InChI=1S/C32H36N2O6/c1-5-21-9-7-8-20(3)30(21)33-28(35)18-34-17-25(23-12-15-26-27(16-23)40-19-39-26)29(32(36)38-6-2)31(34)22-10-13-24(37-4)14-11-22/h7-16,25,29,31H,5-6,17-19H2,1-4H3,(H,33,35)/t25-,29-,31+/m1/s1. The van der Waals surface area contributed by atoms with Crippen molar-refractivity contribution in [1.29, 1.82) is 0 Å². The number of hydrogen-bond donors (Lipinski definition) is 1. The molecule has 1 fully saturated rings. The minimum Gasteiger partial charge on any atom is -0.497 e. The maximum Gasteiger partial charge on any atom is 0.311 e. The zero-order valence-corrected chi connectivity index (χ0v) is 23.4. The Hall–Kier alpha value is -4.04. The van der Waals surface area contributed by atoms with Crippen molar-refractivity contribution in [2.45, 2.75) is 39.2 Å². The van der Waals surface area contributed by atoms with Gasteiger partial charge in [0.2, 0.25) is 12.7 Å². The van der Waals surface area contributed by atoms with Gasteiger partial charge in [-0.25, -0.2) is 0 Å². The van der Waals surface area contributed by atoms with E-state index in [1.54, 1.807) is 7.11 Å². The number of esters is 1. The van der Waals surface area contributed by atoms with Crippen LogP contribution in [0.5, 0.6) is 17.2 Å². The van der Waals surface area contributed by atoms with Gasteiger partial charge in [0.1, 0.15) is 5.75 Å². The first-order chi connectivity index (χ1) is 19.4. The molecule has 3 aromatic carbocycles. The van der Waals surface area contributed by atoms with Crippen LogP contribution in [0.4, 0.5) is 5.69 Å². The van der Waals surface area contributed by atoms with Crippen molar-refractivity contribution in [2.75, 3.05) is 38.9 Å². The third-order valence-electron chi connectivity index (χ3n) is 7.79. The quantitative estimate of drug-likeness (QED) is 0.368. The number of rotatable bonds is 9. The van der Waals surface area contributed by atoms with E-state index in [-0.39, 0.29) is 43.8 Å². The van der Waals surface area contributed by atoms with Gasteiger partial charge in [0, 0.05) is 24.2 Å². The Balaban J connectivity index is 1.51. The number of nitrogens with one attached hydrogen (secondary N) is 1. The van der Waals surface area contributed by atoms with Crippen LogP contribution in [-0.4, -0.2) is 50.4 Å². The number of hydrogen-bond acceptors (Lipinski definition) is 7. The maximum absolute atomic E-state index is 13.6. The Bertz CT molecular complexity index is 1370. The molecular formula is C32H36N2O6. The van der Waals surface area contributed by atoms with Crippen LogP contribution in [-0.2, 0) is 20.7 Å². The summed E-state index contributed by atoms with van der Waals surface area (Å²) in [6, 6.07) is 19.1. The van der Waals surface area contributed by atoms with Gasteiger partial charge in [0.15, 0.2) is 11.5 Å². The monoisotopic (exact) mass is 544 g/mol. The van der Waals surface area contributed by atoms with E-state index in [4.69, 9.17) is 18.9 Å². The van der Waals surface area contributed by atoms with Crippen LogP contribution in [0.15, 0.2) is 60.7 Å². The number of amides is 1. The maximum atomic E-state index is 13.6. The van der Waals surface area contributed by atoms with Crippen molar-refractivity contribution in [3.63, 3.8) is 0 Å². The number of fused-ring (bicyclic) bond motifs is 1. The highest BCUT2D eigenvalue weighted by Gasteiger charge is 2.48. The number of para-hydroxylation sites is 1. The molecule has 0 unspecified atom stereocenters. The first-order valence-corrected chi connectivity index (χ1v) is 13.8. The van der Waals surface area contributed by atoms with Crippen LogP contribution in [0.3, 0.4) is 0 Å². The van der Waals surface area contributed by atoms with Crippen molar-refractivity contribution < 1.29 is 28.5 Å². The second kappa shape index (κ2) is 12.0. The predicted molar refractivity (Wildman–Crippen MR) is 152 cm³/mol. The molecular weight excluding hydrogens is 508 g/mol. The fourth-order valence-electron chi connectivity index (χ4n) is 5.86. The van der Waals surface area contributed by atoms with Crippen molar-refractivity contribution in [2.24, 2.45) is 5.92 Å². The molecule has 210 valence electrons. The summed E-state index contributed by atoms with van der Waals surface area (Å²) >= 11 is 0. The third-order valence-corrected chi connectivity index (χ3v) is 7.79. The van der Waals surface area contributed by atoms with E-state index in [9.17, 15) is 9.59 Å². The largest absolute Gasteiger partial charge is 0.497 e. The average molecular weight is 545 g/mol. The van der Waals surface area contributed by atoms with Crippen LogP contribution in [0.25, 0.3) is 0 Å². The van der Waals surface area contributed by atoms with Gasteiger partial charge in [-0.1, -0.05) is 43.3 Å². The lowest BCUT2D eigenvalue weighted by Crippen LogP contribution is -2.35. The van der Waals surface area contributed by atoms with Crippen molar-refractivity contribution >= 4 is 17.6 Å². The van der Waals surface area contributed by atoms with Gasteiger partial charge in [-0.3, -0.25) is 14.5 Å². The Kier molecular flexibility index (Phi) is 8.26. The van der Waals surface area contributed by atoms with Crippen LogP contribution in [0.2, 0.25) is 0 Å². The Morgan fingerprint density at radius 1 is 1.00 bits per heavy atom. The van der Waals surface area contributed by atoms with E-state index in [2.05, 4.69) is 17.1 Å². The van der Waals surface area contributed by atoms with Gasteiger partial charge in [0.25, 0.3) is 0 Å². The first-order valence-electron chi connectivity index (χ1n) is 13.8. The Morgan fingerprint density at radius 2 is 1.75 bits per heavy atom. The van der Waals surface area contributed by atoms with E-state index in [0.29, 0.717) is 18.0 Å². The fourth-order valence-corrected chi connectivity index (χ4v) is 5.86. The molecule has 0 saturated carbocycles. The molecule has 40 heavy (non-hydrogen) atoms. The minimum absolute atomic E-state index is 0.116. The lowest BCUT2D eigenvalue weighted by Gasteiger charge is -2.28. The summed E-state index contributed by atoms with van der Waals surface area (Å²) in [5.74, 6) is 0.880. The molecule has 0 radical (unpaired) electrons. The Morgan fingerprint density at radius 3 is 2.48 bits per heavy atom. The molecule has 2 heterocycles. The zero-order chi connectivity index (χ0) is 28.2. The molecule has 1 saturated heterocycles. The van der Waals surface area contributed by atoms with Crippen LogP contribution >= 0.6 is 0 Å². The fraction of sp³-hybridized carbons (Fsp3) is 0.375. The highest BCUT2D eigenvalue weighted by atomic mass is 16.7. The topological polar surface area (TPSA) is 86.3 Å². The van der Waals surface area contributed by atoms with Gasteiger partial charge in [-0.15, -0.1) is 0 Å². The number of aryl methyl sites for hydroxylation is 2. The molecule has 2 aliphatic rings. The second-order valence-corrected chi connectivity index (χ2v) is 10.2. The van der Waals surface area contributed by atoms with Gasteiger partial charge in [0.05, 0.1) is 26.2 Å². The molecule has 0 aromatic heterocycles. The molecule has 0 aliphatic carbocycles. The number of ether oxygens (including phenoxy) is 4. The molecule has 8 heteroatoms. The SMILES string of the molecule is CCOC(=O)[C@@H]1[C@@H](c2ccc3c(c2)OCO3)CN(CC(=O)Nc2c(C)cccc2CC)[C@H]1c1ccc(OC)cc1. The molecule has 0 bridgehead atoms. The van der Waals surface area contributed by atoms with Crippen LogP contribution in [0.1, 0.15) is 48.1 Å². The van der Waals surface area contributed by atoms with E-state index < -0.39 is 5.92 Å². The van der Waals surface area contributed by atoms with E-state index in [0.717, 1.165) is 40.1 Å². The van der Waals surface area contributed by atoms with E-state index in [1.165, 1.54) is 0 Å². The summed E-state index contributed by atoms with van der Waals surface area (Å²) in [6.45, 7) is 6.92. The number of benzene rings is 3. The van der Waals surface area contributed by atoms with Crippen LogP contribution < -0.4 is 19.5 Å². The number of carbonyl (C=O) groups is 2. The van der Waals surface area contributed by atoms with Crippen LogP contribution in [0, 0.1) is 12.8 Å². The Labute approximate surface area is 235 Å². The normalized spacial score (nSPS) is 19.9. The molecule has 0 spiro atoms. The average Bonchev–Trinajstić information content (AvgIpc) is 3.58. The lowest BCUT2D eigenvalue weighted by atomic mass is 9.82. The zero-order valence-electron chi connectivity index (χ0n) is 23.4. The van der Waals surface area contributed by atoms with Gasteiger partial charge < -0.3 is 24.3 Å². The van der Waals surface area contributed by atoms with Gasteiger partial charge in [-0.2, -0.15) is 0 Å². The summed E-state index contributed by atoms with van der Waals surface area (Å²) in [4.78, 5) is 29.2. The van der Waals surface area contributed by atoms with E-state index in [1.807, 2.05) is 74.5 Å². The summed E-state index contributed by atoms with van der Waals surface area (Å²) in [5, 5.41) is 3.15. The van der Waals surface area contributed by atoms with Crippen molar-refractivity contribution in [3.05, 3.63) is 82.9 Å². The first kappa shape index (κ1) is 27.5. The molecule has 3 aromatic rings. The highest BCUT2D eigenvalue weighted by Crippen LogP contribution is 2.48. The second-order valence-electron chi connectivity index (χ2n) is 10.2. The van der Waals surface area contributed by atoms with E-state index >= 15 is 0 Å². The number of anilines is 1.